The molecule has 0 aliphatic carbocycles. The molecule has 30 heavy (non-hydrogen) atoms. The number of nitrogens with two attached hydrogens (primary N) is 1. The van der Waals surface area contributed by atoms with Gasteiger partial charge in [-0.25, -0.2) is 9.37 Å². The Morgan fingerprint density at radius 2 is 1.80 bits per heavy atom. The van der Waals surface area contributed by atoms with Gasteiger partial charge in [0.05, 0.1) is 6.54 Å². The lowest BCUT2D eigenvalue weighted by atomic mass is 9.93. The van der Waals surface area contributed by atoms with E-state index >= 15 is 0 Å². The number of aromatic nitrogens is 2. The third-order valence-electron chi connectivity index (χ3n) is 5.33. The van der Waals surface area contributed by atoms with E-state index in [0.29, 0.717) is 18.1 Å². The lowest BCUT2D eigenvalue weighted by Crippen LogP contribution is -2.40. The molecule has 0 spiro atoms. The molecule has 1 atom stereocenters. The van der Waals surface area contributed by atoms with Gasteiger partial charge in [0.25, 0.3) is 0 Å². The van der Waals surface area contributed by atoms with Gasteiger partial charge in [-0.1, -0.05) is 6.07 Å². The summed E-state index contributed by atoms with van der Waals surface area (Å²) in [5.74, 6) is 0.365. The van der Waals surface area contributed by atoms with E-state index < -0.39 is 0 Å². The molecule has 0 bridgehead atoms. The zero-order chi connectivity index (χ0) is 20.9. The first kappa shape index (κ1) is 20.0. The lowest BCUT2D eigenvalue weighted by Gasteiger charge is -2.32. The fourth-order valence-electron chi connectivity index (χ4n) is 3.77. The third kappa shape index (κ3) is 4.99. The Balaban J connectivity index is 1.35. The van der Waals surface area contributed by atoms with E-state index in [4.69, 9.17) is 5.73 Å². The van der Waals surface area contributed by atoms with Crippen molar-refractivity contribution < 1.29 is 9.18 Å². The van der Waals surface area contributed by atoms with Crippen molar-refractivity contribution in [1.29, 1.82) is 0 Å². The van der Waals surface area contributed by atoms with Crippen LogP contribution in [-0.2, 0) is 4.79 Å². The highest BCUT2D eigenvalue weighted by molar-refractivity contribution is 5.92. The molecule has 0 radical (unpaired) electrons. The highest BCUT2D eigenvalue weighted by Crippen LogP contribution is 2.27. The van der Waals surface area contributed by atoms with Crippen LogP contribution >= 0.6 is 0 Å². The SMILES string of the molecule is Nc1ccc(-c2ccc([C@H]3CCCN(CC(=O)Nc4ccc(F)cc4)C3)nc2)cn1. The van der Waals surface area contributed by atoms with Gasteiger partial charge in [-0.2, -0.15) is 0 Å². The minimum absolute atomic E-state index is 0.0959. The maximum absolute atomic E-state index is 13.0. The monoisotopic (exact) mass is 405 g/mol. The van der Waals surface area contributed by atoms with Gasteiger partial charge in [-0.3, -0.25) is 14.7 Å². The fourth-order valence-corrected chi connectivity index (χ4v) is 3.77. The Hall–Kier alpha value is -3.32. The standard InChI is InChI=1S/C23H24FN5O/c24-19-5-7-20(8-6-19)28-23(30)15-29-11-1-2-18(14-29)21-9-3-16(12-26-21)17-4-10-22(25)27-13-17/h3-10,12-13,18H,1-2,11,14-15H2,(H2,25,27)(H,28,30)/t18-/m0/s1. The van der Waals surface area contributed by atoms with Crippen LogP contribution in [0, 0.1) is 5.82 Å². The Morgan fingerprint density at radius 1 is 1.07 bits per heavy atom. The molecule has 3 aromatic rings. The van der Waals surface area contributed by atoms with Gasteiger partial charge in [0.1, 0.15) is 11.6 Å². The van der Waals surface area contributed by atoms with Crippen LogP contribution in [-0.4, -0.2) is 40.4 Å². The van der Waals surface area contributed by atoms with Gasteiger partial charge < -0.3 is 11.1 Å². The molecule has 154 valence electrons. The van der Waals surface area contributed by atoms with E-state index in [9.17, 15) is 9.18 Å². The van der Waals surface area contributed by atoms with Gasteiger partial charge in [0.2, 0.25) is 5.91 Å². The maximum atomic E-state index is 13.0. The number of piperidine rings is 1. The molecule has 1 aliphatic heterocycles. The zero-order valence-corrected chi connectivity index (χ0v) is 16.6. The number of hydrogen-bond acceptors (Lipinski definition) is 5. The highest BCUT2D eigenvalue weighted by Gasteiger charge is 2.23. The average Bonchev–Trinajstić information content (AvgIpc) is 2.76. The zero-order valence-electron chi connectivity index (χ0n) is 16.6. The van der Waals surface area contributed by atoms with Crippen molar-refractivity contribution in [3.63, 3.8) is 0 Å². The Morgan fingerprint density at radius 3 is 2.47 bits per heavy atom. The Labute approximate surface area is 175 Å². The first-order chi connectivity index (χ1) is 14.6. The molecule has 1 amide bonds. The number of nitrogens with one attached hydrogen (secondary N) is 1. The van der Waals surface area contributed by atoms with E-state index in [-0.39, 0.29) is 17.6 Å². The summed E-state index contributed by atoms with van der Waals surface area (Å²) in [7, 11) is 0. The quantitative estimate of drug-likeness (QED) is 0.676. The number of hydrogen-bond donors (Lipinski definition) is 2. The van der Waals surface area contributed by atoms with Crippen LogP contribution in [0.2, 0.25) is 0 Å². The summed E-state index contributed by atoms with van der Waals surface area (Å²) >= 11 is 0. The molecule has 6 nitrogen and oxygen atoms in total. The third-order valence-corrected chi connectivity index (χ3v) is 5.33. The van der Waals surface area contributed by atoms with Crippen LogP contribution < -0.4 is 11.1 Å². The number of carbonyl (C=O) groups excluding carboxylic acids is 1. The second-order valence-electron chi connectivity index (χ2n) is 7.57. The first-order valence-corrected chi connectivity index (χ1v) is 10.0. The Kier molecular flexibility index (Phi) is 5.99. The largest absolute Gasteiger partial charge is 0.384 e. The van der Waals surface area contributed by atoms with E-state index in [1.54, 1.807) is 24.4 Å². The summed E-state index contributed by atoms with van der Waals surface area (Å²) in [5.41, 5.74) is 9.26. The number of halogens is 1. The number of nitrogen functional groups attached to an aromatic ring is 1. The molecular weight excluding hydrogens is 381 g/mol. The van der Waals surface area contributed by atoms with Crippen LogP contribution in [0.3, 0.4) is 0 Å². The molecule has 4 rings (SSSR count). The maximum Gasteiger partial charge on any atom is 0.238 e. The number of nitrogens with zero attached hydrogens (tertiary/aromatic N) is 3. The lowest BCUT2D eigenvalue weighted by molar-refractivity contribution is -0.117. The van der Waals surface area contributed by atoms with Crippen molar-refractivity contribution in [3.8, 4) is 11.1 Å². The number of rotatable bonds is 5. The fraction of sp³-hybridized carbons (Fsp3) is 0.261. The van der Waals surface area contributed by atoms with E-state index in [1.807, 2.05) is 12.3 Å². The smallest absolute Gasteiger partial charge is 0.238 e. The molecule has 3 N–H and O–H groups in total. The normalized spacial score (nSPS) is 16.9. The molecular formula is C23H24FN5O. The molecule has 1 fully saturated rings. The molecule has 1 saturated heterocycles. The minimum Gasteiger partial charge on any atom is -0.384 e. The summed E-state index contributed by atoms with van der Waals surface area (Å²) in [4.78, 5) is 23.3. The molecule has 0 saturated carbocycles. The predicted molar refractivity (Wildman–Crippen MR) is 115 cm³/mol. The van der Waals surface area contributed by atoms with Gasteiger partial charge >= 0.3 is 0 Å². The van der Waals surface area contributed by atoms with Gasteiger partial charge in [0.15, 0.2) is 0 Å². The topological polar surface area (TPSA) is 84.1 Å². The van der Waals surface area contributed by atoms with Crippen molar-refractivity contribution in [2.24, 2.45) is 0 Å². The highest BCUT2D eigenvalue weighted by atomic mass is 19.1. The number of benzene rings is 1. The first-order valence-electron chi connectivity index (χ1n) is 10.0. The summed E-state index contributed by atoms with van der Waals surface area (Å²) in [5, 5.41) is 2.82. The van der Waals surface area contributed by atoms with Crippen LogP contribution in [0.25, 0.3) is 11.1 Å². The average molecular weight is 405 g/mol. The summed E-state index contributed by atoms with van der Waals surface area (Å²) in [6.45, 7) is 1.97. The molecule has 1 aliphatic rings. The van der Waals surface area contributed by atoms with Crippen molar-refractivity contribution in [2.75, 3.05) is 30.7 Å². The summed E-state index contributed by atoms with van der Waals surface area (Å²) in [6.07, 6.45) is 5.67. The van der Waals surface area contributed by atoms with Crippen LogP contribution in [0.1, 0.15) is 24.5 Å². The van der Waals surface area contributed by atoms with Crippen molar-refractivity contribution in [1.82, 2.24) is 14.9 Å². The summed E-state index contributed by atoms with van der Waals surface area (Å²) < 4.78 is 13.0. The second-order valence-corrected chi connectivity index (χ2v) is 7.57. The molecule has 0 unspecified atom stereocenters. The van der Waals surface area contributed by atoms with Gasteiger partial charge in [-0.05, 0) is 61.9 Å². The van der Waals surface area contributed by atoms with E-state index in [1.165, 1.54) is 12.1 Å². The van der Waals surface area contributed by atoms with Crippen molar-refractivity contribution >= 4 is 17.4 Å². The van der Waals surface area contributed by atoms with Crippen LogP contribution in [0.5, 0.6) is 0 Å². The number of carbonyl (C=O) groups is 1. The Bertz CT molecular complexity index is 990. The van der Waals surface area contributed by atoms with Gasteiger partial charge in [-0.15, -0.1) is 0 Å². The van der Waals surface area contributed by atoms with Crippen LogP contribution in [0.4, 0.5) is 15.9 Å². The van der Waals surface area contributed by atoms with Crippen LogP contribution in [0.15, 0.2) is 60.9 Å². The molecule has 7 heteroatoms. The number of anilines is 2. The predicted octanol–water partition coefficient (Wildman–Crippen LogP) is 3.68. The number of amides is 1. The molecule has 2 aromatic heterocycles. The van der Waals surface area contributed by atoms with Crippen molar-refractivity contribution in [3.05, 3.63) is 72.4 Å². The summed E-state index contributed by atoms with van der Waals surface area (Å²) in [6, 6.07) is 13.6. The number of likely N-dealkylation sites (tertiary alicyclic amines) is 1. The van der Waals surface area contributed by atoms with Gasteiger partial charge in [0, 0.05) is 47.4 Å². The second kappa shape index (κ2) is 9.00. The minimum atomic E-state index is -0.321. The molecule has 1 aromatic carbocycles. The van der Waals surface area contributed by atoms with E-state index in [2.05, 4.69) is 32.3 Å². The molecule has 3 heterocycles. The number of pyridine rings is 2. The van der Waals surface area contributed by atoms with Crippen molar-refractivity contribution in [2.45, 2.75) is 18.8 Å². The van der Waals surface area contributed by atoms with E-state index in [0.717, 1.165) is 42.8 Å².